The van der Waals surface area contributed by atoms with Crippen molar-refractivity contribution in [2.45, 2.75) is 18.4 Å². The first-order chi connectivity index (χ1) is 11.7. The fraction of sp³-hybridized carbons (Fsp3) is 0.263. The van der Waals surface area contributed by atoms with Crippen LogP contribution in [0.4, 0.5) is 11.4 Å². The number of anilines is 1. The van der Waals surface area contributed by atoms with Crippen LogP contribution in [0.25, 0.3) is 0 Å². The number of methoxy groups -OCH3 is 1. The summed E-state index contributed by atoms with van der Waals surface area (Å²) in [4.78, 5) is 10.8. The molecular formula is C19H18N2O3. The lowest BCUT2D eigenvalue weighted by molar-refractivity contribution is -0.384. The van der Waals surface area contributed by atoms with Gasteiger partial charge in [0.15, 0.2) is 0 Å². The van der Waals surface area contributed by atoms with Gasteiger partial charge in [-0.25, -0.2) is 0 Å². The SMILES string of the molecule is COc1ccc2c(c1)[C@H]1C=CC[C@H]1[C@@H](c1cccc([N+](=O)[O-])c1)N2. The third kappa shape index (κ3) is 2.33. The zero-order valence-corrected chi connectivity index (χ0v) is 13.3. The summed E-state index contributed by atoms with van der Waals surface area (Å²) >= 11 is 0. The van der Waals surface area contributed by atoms with E-state index in [2.05, 4.69) is 23.5 Å². The highest BCUT2D eigenvalue weighted by Crippen LogP contribution is 2.50. The molecule has 24 heavy (non-hydrogen) atoms. The van der Waals surface area contributed by atoms with Crippen molar-refractivity contribution < 1.29 is 9.66 Å². The van der Waals surface area contributed by atoms with Crippen molar-refractivity contribution in [3.8, 4) is 5.75 Å². The molecule has 1 aliphatic carbocycles. The van der Waals surface area contributed by atoms with E-state index in [1.54, 1.807) is 19.2 Å². The Morgan fingerprint density at radius 2 is 2.12 bits per heavy atom. The number of benzene rings is 2. The Morgan fingerprint density at radius 1 is 1.25 bits per heavy atom. The Hall–Kier alpha value is -2.82. The first kappa shape index (κ1) is 14.8. The van der Waals surface area contributed by atoms with Gasteiger partial charge in [-0.3, -0.25) is 10.1 Å². The van der Waals surface area contributed by atoms with E-state index in [0.29, 0.717) is 11.8 Å². The molecule has 0 fully saturated rings. The summed E-state index contributed by atoms with van der Waals surface area (Å²) in [5, 5.41) is 14.7. The average molecular weight is 322 g/mol. The Balaban J connectivity index is 1.76. The molecule has 2 aromatic rings. The van der Waals surface area contributed by atoms with Crippen molar-refractivity contribution in [1.82, 2.24) is 0 Å². The number of nitro groups is 1. The lowest BCUT2D eigenvalue weighted by Crippen LogP contribution is -2.29. The van der Waals surface area contributed by atoms with Crippen LogP contribution in [0.5, 0.6) is 5.75 Å². The molecule has 3 atom stereocenters. The normalized spacial score (nSPS) is 24.0. The number of nitrogens with one attached hydrogen (secondary N) is 1. The minimum atomic E-state index is -0.338. The van der Waals surface area contributed by atoms with Gasteiger partial charge < -0.3 is 10.1 Å². The topological polar surface area (TPSA) is 64.4 Å². The molecule has 0 spiro atoms. The maximum atomic E-state index is 11.1. The average Bonchev–Trinajstić information content (AvgIpc) is 3.10. The Kier molecular flexibility index (Phi) is 3.49. The lowest BCUT2D eigenvalue weighted by Gasteiger charge is -2.37. The molecule has 4 rings (SSSR count). The second-order valence-corrected chi connectivity index (χ2v) is 6.28. The summed E-state index contributed by atoms with van der Waals surface area (Å²) in [6.07, 6.45) is 5.41. The van der Waals surface area contributed by atoms with Crippen molar-refractivity contribution in [2.24, 2.45) is 5.92 Å². The largest absolute Gasteiger partial charge is 0.497 e. The molecule has 2 aliphatic rings. The Labute approximate surface area is 140 Å². The standard InChI is InChI=1S/C19H18N2O3/c1-24-14-8-9-18-17(11-14)15-6-3-7-16(15)19(20-18)12-4-2-5-13(10-12)21(22)23/h2-6,8-11,15-16,19-20H,7H2,1H3/t15-,16+,19+/m0/s1. The number of nitrogens with zero attached hydrogens (tertiary/aromatic N) is 1. The Bertz CT molecular complexity index is 831. The maximum Gasteiger partial charge on any atom is 0.269 e. The summed E-state index contributed by atoms with van der Waals surface area (Å²) in [6.45, 7) is 0. The van der Waals surface area contributed by atoms with Crippen molar-refractivity contribution in [2.75, 3.05) is 12.4 Å². The van der Waals surface area contributed by atoms with Crippen LogP contribution < -0.4 is 10.1 Å². The molecule has 1 aliphatic heterocycles. The van der Waals surface area contributed by atoms with Crippen LogP contribution in [-0.4, -0.2) is 12.0 Å². The molecule has 122 valence electrons. The van der Waals surface area contributed by atoms with Crippen LogP contribution in [0.3, 0.4) is 0 Å². The van der Waals surface area contributed by atoms with E-state index >= 15 is 0 Å². The molecule has 0 bridgehead atoms. The maximum absolute atomic E-state index is 11.1. The van der Waals surface area contributed by atoms with Gasteiger partial charge in [0.25, 0.3) is 5.69 Å². The summed E-state index contributed by atoms with van der Waals surface area (Å²) in [5.74, 6) is 1.51. The lowest BCUT2D eigenvalue weighted by atomic mass is 9.77. The van der Waals surface area contributed by atoms with Crippen LogP contribution in [0.1, 0.15) is 29.5 Å². The smallest absolute Gasteiger partial charge is 0.269 e. The monoisotopic (exact) mass is 322 g/mol. The van der Waals surface area contributed by atoms with Gasteiger partial charge in [-0.15, -0.1) is 0 Å². The highest BCUT2D eigenvalue weighted by atomic mass is 16.6. The quantitative estimate of drug-likeness (QED) is 0.516. The first-order valence-corrected chi connectivity index (χ1v) is 8.03. The molecule has 0 saturated heterocycles. The van der Waals surface area contributed by atoms with Crippen molar-refractivity contribution >= 4 is 11.4 Å². The summed E-state index contributed by atoms with van der Waals surface area (Å²) in [6, 6.07) is 13.1. The van der Waals surface area contributed by atoms with Crippen LogP contribution >= 0.6 is 0 Å². The van der Waals surface area contributed by atoms with E-state index < -0.39 is 0 Å². The van der Waals surface area contributed by atoms with Gasteiger partial charge in [0.05, 0.1) is 18.1 Å². The van der Waals surface area contributed by atoms with Gasteiger partial charge in [0.2, 0.25) is 0 Å². The number of fused-ring (bicyclic) bond motifs is 3. The van der Waals surface area contributed by atoms with E-state index in [9.17, 15) is 10.1 Å². The molecule has 0 aromatic heterocycles. The minimum Gasteiger partial charge on any atom is -0.497 e. The molecule has 1 N–H and O–H groups in total. The molecule has 5 nitrogen and oxygen atoms in total. The predicted molar refractivity (Wildman–Crippen MR) is 92.4 cm³/mol. The molecule has 2 aromatic carbocycles. The van der Waals surface area contributed by atoms with Gasteiger partial charge in [0.1, 0.15) is 5.75 Å². The van der Waals surface area contributed by atoms with E-state index in [1.165, 1.54) is 11.6 Å². The van der Waals surface area contributed by atoms with Crippen LogP contribution in [0.15, 0.2) is 54.6 Å². The van der Waals surface area contributed by atoms with E-state index in [1.807, 2.05) is 18.2 Å². The van der Waals surface area contributed by atoms with Crippen molar-refractivity contribution in [3.63, 3.8) is 0 Å². The van der Waals surface area contributed by atoms with E-state index in [4.69, 9.17) is 4.74 Å². The highest BCUT2D eigenvalue weighted by molar-refractivity contribution is 5.62. The second-order valence-electron chi connectivity index (χ2n) is 6.28. The number of nitro benzene ring substituents is 1. The molecule has 1 heterocycles. The summed E-state index contributed by atoms with van der Waals surface area (Å²) in [5.41, 5.74) is 3.40. The first-order valence-electron chi connectivity index (χ1n) is 8.03. The van der Waals surface area contributed by atoms with Gasteiger partial charge in [0, 0.05) is 23.7 Å². The number of rotatable bonds is 3. The Morgan fingerprint density at radius 3 is 2.92 bits per heavy atom. The van der Waals surface area contributed by atoms with Gasteiger partial charge >= 0.3 is 0 Å². The number of ether oxygens (including phenoxy) is 1. The zero-order valence-electron chi connectivity index (χ0n) is 13.3. The van der Waals surface area contributed by atoms with Crippen molar-refractivity contribution in [3.05, 3.63) is 75.9 Å². The summed E-state index contributed by atoms with van der Waals surface area (Å²) < 4.78 is 5.36. The summed E-state index contributed by atoms with van der Waals surface area (Å²) in [7, 11) is 1.67. The van der Waals surface area contributed by atoms with Gasteiger partial charge in [-0.2, -0.15) is 0 Å². The third-order valence-corrected chi connectivity index (χ3v) is 5.01. The number of allylic oxidation sites excluding steroid dienone is 2. The molecule has 0 amide bonds. The molecule has 0 saturated carbocycles. The third-order valence-electron chi connectivity index (χ3n) is 5.01. The van der Waals surface area contributed by atoms with Gasteiger partial charge in [-0.05, 0) is 41.7 Å². The molecule has 0 unspecified atom stereocenters. The zero-order chi connectivity index (χ0) is 16.7. The molecule has 5 heteroatoms. The molecule has 0 radical (unpaired) electrons. The number of hydrogen-bond acceptors (Lipinski definition) is 4. The van der Waals surface area contributed by atoms with Gasteiger partial charge in [-0.1, -0.05) is 24.3 Å². The number of non-ortho nitro benzene ring substituents is 1. The second kappa shape index (κ2) is 5.67. The van der Waals surface area contributed by atoms with E-state index in [-0.39, 0.29) is 16.7 Å². The minimum absolute atomic E-state index is 0.0609. The fourth-order valence-electron chi connectivity index (χ4n) is 3.86. The van der Waals surface area contributed by atoms with E-state index in [0.717, 1.165) is 23.4 Å². The van der Waals surface area contributed by atoms with Crippen LogP contribution in [0.2, 0.25) is 0 Å². The van der Waals surface area contributed by atoms with Crippen LogP contribution in [-0.2, 0) is 0 Å². The highest BCUT2D eigenvalue weighted by Gasteiger charge is 2.38. The van der Waals surface area contributed by atoms with Crippen LogP contribution in [0, 0.1) is 16.0 Å². The number of hydrogen-bond donors (Lipinski definition) is 1. The van der Waals surface area contributed by atoms with Crippen molar-refractivity contribution in [1.29, 1.82) is 0 Å². The predicted octanol–water partition coefficient (Wildman–Crippen LogP) is 4.43. The fourth-order valence-corrected chi connectivity index (χ4v) is 3.86. The molecular weight excluding hydrogens is 304 g/mol.